The second kappa shape index (κ2) is 9.97. The first-order valence-corrected chi connectivity index (χ1v) is 10.1. The van der Waals surface area contributed by atoms with E-state index in [9.17, 15) is 4.79 Å². The third-order valence-corrected chi connectivity index (χ3v) is 4.76. The lowest BCUT2D eigenvalue weighted by Gasteiger charge is -2.09. The Balaban J connectivity index is 0.00000289. The number of aliphatic carboxylic acids is 1. The quantitative estimate of drug-likeness (QED) is 0.381. The Bertz CT molecular complexity index is 1240. The molecule has 0 aliphatic carbocycles. The number of nitrogens with zero attached hydrogens (tertiary/aromatic N) is 5. The van der Waals surface area contributed by atoms with Crippen molar-refractivity contribution in [3.8, 4) is 28.7 Å². The Morgan fingerprint density at radius 3 is 2.78 bits per heavy atom. The van der Waals surface area contributed by atoms with E-state index in [1.165, 1.54) is 0 Å². The van der Waals surface area contributed by atoms with Crippen LogP contribution in [0.15, 0.2) is 41.2 Å². The minimum absolute atomic E-state index is 0. The fraction of sp³-hybridized carbons (Fsp3) is 0.286. The molecule has 9 nitrogen and oxygen atoms in total. The van der Waals surface area contributed by atoms with Crippen LogP contribution >= 0.6 is 24.0 Å². The topological polar surface area (TPSA) is 116 Å². The van der Waals surface area contributed by atoms with Crippen molar-refractivity contribution in [2.45, 2.75) is 39.3 Å². The third-order valence-electron chi connectivity index (χ3n) is 4.49. The number of carboxylic acids is 1. The highest BCUT2D eigenvalue weighted by molar-refractivity contribution is 6.32. The average Bonchev–Trinajstić information content (AvgIpc) is 3.36. The number of aryl methyl sites for hydroxylation is 1. The van der Waals surface area contributed by atoms with Crippen LogP contribution in [0.2, 0.25) is 5.02 Å². The Morgan fingerprint density at radius 1 is 1.25 bits per heavy atom. The number of carbonyl (C=O) groups is 1. The molecule has 0 spiro atoms. The lowest BCUT2D eigenvalue weighted by atomic mass is 10.1. The number of carboxylic acid groups (broad SMARTS) is 1. The van der Waals surface area contributed by atoms with E-state index >= 15 is 0 Å². The van der Waals surface area contributed by atoms with Crippen molar-refractivity contribution in [3.63, 3.8) is 0 Å². The van der Waals surface area contributed by atoms with E-state index in [1.807, 2.05) is 32.0 Å². The van der Waals surface area contributed by atoms with Gasteiger partial charge in [-0.3, -0.25) is 9.48 Å². The number of rotatable bonds is 8. The van der Waals surface area contributed by atoms with Gasteiger partial charge in [0.1, 0.15) is 5.02 Å². The van der Waals surface area contributed by atoms with E-state index in [2.05, 4.69) is 20.2 Å². The summed E-state index contributed by atoms with van der Waals surface area (Å²) in [6.45, 7) is 4.32. The molecule has 0 amide bonds. The van der Waals surface area contributed by atoms with Gasteiger partial charge in [-0.15, -0.1) is 12.4 Å². The van der Waals surface area contributed by atoms with Crippen molar-refractivity contribution in [2.75, 3.05) is 0 Å². The zero-order chi connectivity index (χ0) is 22.0. The van der Waals surface area contributed by atoms with Crippen molar-refractivity contribution in [2.24, 2.45) is 0 Å². The summed E-state index contributed by atoms with van der Waals surface area (Å²) in [5.74, 6) is 0.260. The predicted molar refractivity (Wildman–Crippen MR) is 121 cm³/mol. The van der Waals surface area contributed by atoms with Crippen molar-refractivity contribution >= 4 is 40.9 Å². The Morgan fingerprint density at radius 2 is 2.06 bits per heavy atom. The normalized spacial score (nSPS) is 11.0. The molecule has 0 radical (unpaired) electrons. The maximum absolute atomic E-state index is 10.7. The highest BCUT2D eigenvalue weighted by Gasteiger charge is 2.15. The number of fused-ring (bicyclic) bond motifs is 1. The molecule has 0 unspecified atom stereocenters. The summed E-state index contributed by atoms with van der Waals surface area (Å²) in [5.41, 5.74) is 2.27. The van der Waals surface area contributed by atoms with E-state index in [4.69, 9.17) is 26.0 Å². The standard InChI is InChI=1S/C21H20ClN5O4.ClH/c1-12(2)30-21-16(22)9-15(10-23-21)20-25-19(26-31-20)13-5-6-17-14(8-13)11-24-27(17)7-3-4-18(28)29;/h5-6,8-12H,3-4,7H2,1-2H3,(H,28,29);1H. The molecule has 3 heterocycles. The van der Waals surface area contributed by atoms with Crippen LogP contribution in [0.25, 0.3) is 33.7 Å². The van der Waals surface area contributed by atoms with Crippen molar-refractivity contribution in [1.29, 1.82) is 0 Å². The van der Waals surface area contributed by atoms with Gasteiger partial charge in [0.25, 0.3) is 5.89 Å². The molecule has 0 aliphatic heterocycles. The molecule has 0 saturated heterocycles. The van der Waals surface area contributed by atoms with Crippen LogP contribution in [0.3, 0.4) is 0 Å². The largest absolute Gasteiger partial charge is 0.481 e. The van der Waals surface area contributed by atoms with Crippen molar-refractivity contribution in [3.05, 3.63) is 41.7 Å². The summed E-state index contributed by atoms with van der Waals surface area (Å²) < 4.78 is 12.7. The van der Waals surface area contributed by atoms with E-state index in [0.717, 1.165) is 16.5 Å². The molecule has 0 fully saturated rings. The molecule has 32 heavy (non-hydrogen) atoms. The number of benzene rings is 1. The van der Waals surface area contributed by atoms with Crippen molar-refractivity contribution in [1.82, 2.24) is 24.9 Å². The Kier molecular flexibility index (Phi) is 7.32. The van der Waals surface area contributed by atoms with E-state index in [1.54, 1.807) is 23.1 Å². The molecule has 0 aliphatic rings. The Hall–Kier alpha value is -3.17. The molecule has 3 aromatic heterocycles. The number of pyridine rings is 1. The Labute approximate surface area is 194 Å². The molecule has 1 aromatic carbocycles. The fourth-order valence-corrected chi connectivity index (χ4v) is 3.31. The van der Waals surface area contributed by atoms with Gasteiger partial charge < -0.3 is 14.4 Å². The molecule has 11 heteroatoms. The fourth-order valence-electron chi connectivity index (χ4n) is 3.09. The summed E-state index contributed by atoms with van der Waals surface area (Å²) in [4.78, 5) is 19.4. The lowest BCUT2D eigenvalue weighted by Crippen LogP contribution is -2.07. The second-order valence-corrected chi connectivity index (χ2v) is 7.65. The molecule has 4 aromatic rings. The van der Waals surface area contributed by atoms with Gasteiger partial charge >= 0.3 is 5.97 Å². The van der Waals surface area contributed by atoms with Gasteiger partial charge in [0, 0.05) is 30.1 Å². The first-order chi connectivity index (χ1) is 14.9. The van der Waals surface area contributed by atoms with E-state index in [-0.39, 0.29) is 24.9 Å². The molecule has 0 saturated carbocycles. The molecule has 0 bridgehead atoms. The summed E-state index contributed by atoms with van der Waals surface area (Å²) in [5, 5.41) is 18.5. The van der Waals surface area contributed by atoms with Crippen LogP contribution in [0.1, 0.15) is 26.7 Å². The summed E-state index contributed by atoms with van der Waals surface area (Å²) >= 11 is 6.25. The third kappa shape index (κ3) is 5.17. The van der Waals surface area contributed by atoms with Crippen LogP contribution in [0.4, 0.5) is 0 Å². The second-order valence-electron chi connectivity index (χ2n) is 7.24. The summed E-state index contributed by atoms with van der Waals surface area (Å²) in [6.07, 6.45) is 3.89. The summed E-state index contributed by atoms with van der Waals surface area (Å²) in [6, 6.07) is 7.37. The van der Waals surface area contributed by atoms with Gasteiger partial charge in [0.2, 0.25) is 11.7 Å². The van der Waals surface area contributed by atoms with Gasteiger partial charge in [0.15, 0.2) is 0 Å². The van der Waals surface area contributed by atoms with Gasteiger partial charge in [0.05, 0.1) is 23.4 Å². The number of aromatic nitrogens is 5. The molecular weight excluding hydrogens is 457 g/mol. The van der Waals surface area contributed by atoms with Gasteiger partial charge in [-0.05, 0) is 44.5 Å². The highest BCUT2D eigenvalue weighted by atomic mass is 35.5. The van der Waals surface area contributed by atoms with Crippen molar-refractivity contribution < 1.29 is 19.2 Å². The first kappa shape index (κ1) is 23.5. The monoisotopic (exact) mass is 477 g/mol. The average molecular weight is 478 g/mol. The molecule has 0 atom stereocenters. The van der Waals surface area contributed by atoms with Gasteiger partial charge in [-0.25, -0.2) is 4.98 Å². The van der Waals surface area contributed by atoms with E-state index < -0.39 is 5.97 Å². The van der Waals surface area contributed by atoms with E-state index in [0.29, 0.717) is 41.1 Å². The SMILES string of the molecule is CC(C)Oc1ncc(-c2nc(-c3ccc4c(cnn4CCCC(=O)O)c3)no2)cc1Cl.Cl. The summed E-state index contributed by atoms with van der Waals surface area (Å²) in [7, 11) is 0. The van der Waals surface area contributed by atoms with Gasteiger partial charge in [-0.1, -0.05) is 16.8 Å². The molecule has 4 rings (SSSR count). The zero-order valence-electron chi connectivity index (χ0n) is 17.4. The number of hydrogen-bond donors (Lipinski definition) is 1. The molecular formula is C21H21Cl2N5O4. The molecule has 1 N–H and O–H groups in total. The lowest BCUT2D eigenvalue weighted by molar-refractivity contribution is -0.137. The van der Waals surface area contributed by atoms with Crippen LogP contribution in [-0.4, -0.2) is 42.1 Å². The predicted octanol–water partition coefficient (Wildman–Crippen LogP) is 4.88. The maximum atomic E-state index is 10.7. The minimum atomic E-state index is -0.815. The highest BCUT2D eigenvalue weighted by Crippen LogP contribution is 2.29. The van der Waals surface area contributed by atoms with Crippen LogP contribution in [-0.2, 0) is 11.3 Å². The smallest absolute Gasteiger partial charge is 0.303 e. The minimum Gasteiger partial charge on any atom is -0.481 e. The zero-order valence-corrected chi connectivity index (χ0v) is 18.9. The molecule has 168 valence electrons. The van der Waals surface area contributed by atoms with Crippen LogP contribution in [0.5, 0.6) is 5.88 Å². The first-order valence-electron chi connectivity index (χ1n) is 9.74. The number of hydrogen-bond acceptors (Lipinski definition) is 7. The van der Waals surface area contributed by atoms with Gasteiger partial charge in [-0.2, -0.15) is 10.1 Å². The maximum Gasteiger partial charge on any atom is 0.303 e. The van der Waals surface area contributed by atoms with Crippen LogP contribution in [0, 0.1) is 0 Å². The number of ether oxygens (including phenoxy) is 1. The van der Waals surface area contributed by atoms with Crippen LogP contribution < -0.4 is 4.74 Å². The number of halogens is 2.